The fourth-order valence-corrected chi connectivity index (χ4v) is 4.33. The lowest BCUT2D eigenvalue weighted by molar-refractivity contribution is -0.0984. The maximum atomic E-state index is 6.28. The number of halogens is 1. The summed E-state index contributed by atoms with van der Waals surface area (Å²) in [5.41, 5.74) is 2.33. The molecule has 2 aliphatic rings. The van der Waals surface area contributed by atoms with E-state index in [1.165, 1.54) is 5.56 Å². The van der Waals surface area contributed by atoms with Gasteiger partial charge in [-0.05, 0) is 11.1 Å². The zero-order valence-corrected chi connectivity index (χ0v) is 17.4. The molecule has 0 amide bonds. The van der Waals surface area contributed by atoms with Crippen molar-refractivity contribution in [3.8, 4) is 0 Å². The summed E-state index contributed by atoms with van der Waals surface area (Å²) >= 11 is 2.38. The lowest BCUT2D eigenvalue weighted by Gasteiger charge is -2.24. The molecule has 2 saturated heterocycles. The molecular formula is C22H25IO4. The molecule has 2 aromatic rings. The van der Waals surface area contributed by atoms with Crippen LogP contribution < -0.4 is 0 Å². The van der Waals surface area contributed by atoms with Gasteiger partial charge in [0.2, 0.25) is 0 Å². The van der Waals surface area contributed by atoms with E-state index in [1.807, 2.05) is 36.4 Å². The van der Waals surface area contributed by atoms with E-state index in [0.717, 1.165) is 16.4 Å². The molecule has 0 saturated carbocycles. The van der Waals surface area contributed by atoms with Crippen LogP contribution in [-0.2, 0) is 32.2 Å². The van der Waals surface area contributed by atoms with Gasteiger partial charge in [-0.1, -0.05) is 83.3 Å². The Bertz CT molecular complexity index is 696. The van der Waals surface area contributed by atoms with Crippen molar-refractivity contribution in [2.24, 2.45) is 0 Å². The second-order valence-corrected chi connectivity index (χ2v) is 7.97. The largest absolute Gasteiger partial charge is 0.374 e. The lowest BCUT2D eigenvalue weighted by Crippen LogP contribution is -2.37. The van der Waals surface area contributed by atoms with Gasteiger partial charge in [0.15, 0.2) is 0 Å². The van der Waals surface area contributed by atoms with Gasteiger partial charge in [0.05, 0.1) is 32.0 Å². The molecule has 5 heteroatoms. The van der Waals surface area contributed by atoms with E-state index in [1.54, 1.807) is 0 Å². The maximum Gasteiger partial charge on any atom is 0.115 e. The Morgan fingerprint density at radius 1 is 0.889 bits per heavy atom. The van der Waals surface area contributed by atoms with E-state index in [-0.39, 0.29) is 30.5 Å². The van der Waals surface area contributed by atoms with E-state index in [0.29, 0.717) is 19.8 Å². The first kappa shape index (κ1) is 19.3. The van der Waals surface area contributed by atoms with Crippen LogP contribution in [0.5, 0.6) is 0 Å². The molecule has 4 rings (SSSR count). The quantitative estimate of drug-likeness (QED) is 0.421. The summed E-state index contributed by atoms with van der Waals surface area (Å²) in [4.78, 5) is 0. The van der Waals surface area contributed by atoms with Crippen molar-refractivity contribution >= 4 is 22.6 Å². The molecule has 0 N–H and O–H groups in total. The third-order valence-corrected chi connectivity index (χ3v) is 6.08. The fraction of sp³-hybridized carbons (Fsp3) is 0.455. The number of ether oxygens (including phenoxy) is 4. The SMILES string of the molecule is IC[C@@H]1C[C@H]2O[C@H](COCc3ccccc3)[C@@H](OCc3ccccc3)[C@H]2O1. The normalized spacial score (nSPS) is 29.7. The lowest BCUT2D eigenvalue weighted by atomic mass is 10.1. The molecule has 2 heterocycles. The van der Waals surface area contributed by atoms with Crippen molar-refractivity contribution in [2.75, 3.05) is 11.0 Å². The molecule has 5 atom stereocenters. The summed E-state index contributed by atoms with van der Waals surface area (Å²) in [6.07, 6.45) is 1.11. The number of benzene rings is 2. The van der Waals surface area contributed by atoms with Gasteiger partial charge in [0.1, 0.15) is 18.3 Å². The summed E-state index contributed by atoms with van der Waals surface area (Å²) in [5.74, 6) is 0. The fourth-order valence-electron chi connectivity index (χ4n) is 3.76. The predicted octanol–water partition coefficient (Wildman–Crippen LogP) is 4.15. The zero-order valence-electron chi connectivity index (χ0n) is 15.2. The first-order chi connectivity index (χ1) is 13.3. The van der Waals surface area contributed by atoms with Gasteiger partial charge in [-0.25, -0.2) is 0 Å². The average Bonchev–Trinajstić information content (AvgIpc) is 3.25. The highest BCUT2D eigenvalue weighted by molar-refractivity contribution is 14.1. The first-order valence-corrected chi connectivity index (χ1v) is 11.0. The van der Waals surface area contributed by atoms with Gasteiger partial charge in [-0.15, -0.1) is 0 Å². The van der Waals surface area contributed by atoms with Crippen LogP contribution in [0.1, 0.15) is 17.5 Å². The van der Waals surface area contributed by atoms with Gasteiger partial charge in [0, 0.05) is 10.8 Å². The third kappa shape index (κ3) is 4.90. The van der Waals surface area contributed by atoms with Crippen LogP contribution in [0.4, 0.5) is 0 Å². The second-order valence-electron chi connectivity index (χ2n) is 7.09. The molecular weight excluding hydrogens is 455 g/mol. The average molecular weight is 480 g/mol. The zero-order chi connectivity index (χ0) is 18.5. The van der Waals surface area contributed by atoms with Crippen molar-refractivity contribution in [1.82, 2.24) is 0 Å². The Morgan fingerprint density at radius 3 is 2.22 bits per heavy atom. The van der Waals surface area contributed by atoms with Crippen molar-refractivity contribution < 1.29 is 18.9 Å². The molecule has 2 fully saturated rings. The summed E-state index contributed by atoms with van der Waals surface area (Å²) in [5, 5.41) is 0. The van der Waals surface area contributed by atoms with E-state index in [4.69, 9.17) is 18.9 Å². The Labute approximate surface area is 174 Å². The first-order valence-electron chi connectivity index (χ1n) is 9.47. The van der Waals surface area contributed by atoms with Crippen LogP contribution in [0, 0.1) is 0 Å². The topological polar surface area (TPSA) is 36.9 Å². The predicted molar refractivity (Wildman–Crippen MR) is 112 cm³/mol. The Morgan fingerprint density at radius 2 is 1.56 bits per heavy atom. The molecule has 2 aromatic carbocycles. The van der Waals surface area contributed by atoms with Gasteiger partial charge in [-0.2, -0.15) is 0 Å². The smallest absolute Gasteiger partial charge is 0.115 e. The minimum atomic E-state index is -0.0982. The molecule has 0 spiro atoms. The van der Waals surface area contributed by atoms with Crippen LogP contribution in [0.25, 0.3) is 0 Å². The summed E-state index contributed by atoms with van der Waals surface area (Å²) in [6, 6.07) is 20.5. The number of rotatable bonds is 8. The second kappa shape index (κ2) is 9.47. The Kier molecular flexibility index (Phi) is 6.78. The van der Waals surface area contributed by atoms with Gasteiger partial charge in [-0.3, -0.25) is 0 Å². The van der Waals surface area contributed by atoms with E-state index < -0.39 is 0 Å². The Balaban J connectivity index is 1.36. The maximum absolute atomic E-state index is 6.28. The monoisotopic (exact) mass is 480 g/mol. The van der Waals surface area contributed by atoms with Crippen LogP contribution in [-0.4, -0.2) is 41.6 Å². The summed E-state index contributed by atoms with van der Waals surface area (Å²) in [6.45, 7) is 1.66. The minimum absolute atomic E-state index is 0.00111. The molecule has 0 aromatic heterocycles. The van der Waals surface area contributed by atoms with Gasteiger partial charge in [0.25, 0.3) is 0 Å². The molecule has 0 unspecified atom stereocenters. The van der Waals surface area contributed by atoms with E-state index in [9.17, 15) is 0 Å². The van der Waals surface area contributed by atoms with Crippen molar-refractivity contribution in [3.63, 3.8) is 0 Å². The molecule has 2 aliphatic heterocycles. The molecule has 4 nitrogen and oxygen atoms in total. The van der Waals surface area contributed by atoms with Crippen molar-refractivity contribution in [2.45, 2.75) is 50.2 Å². The van der Waals surface area contributed by atoms with Crippen LogP contribution >= 0.6 is 22.6 Å². The number of fused-ring (bicyclic) bond motifs is 1. The van der Waals surface area contributed by atoms with Crippen molar-refractivity contribution in [1.29, 1.82) is 0 Å². The molecule has 0 bridgehead atoms. The number of hydrogen-bond acceptors (Lipinski definition) is 4. The van der Waals surface area contributed by atoms with E-state index >= 15 is 0 Å². The standard InChI is InChI=1S/C22H25IO4/c23-12-18-11-19-22(26-18)21(25-14-17-9-5-2-6-10-17)20(27-19)15-24-13-16-7-3-1-4-8-16/h1-10,18-22H,11-15H2/t18-,19+,20+,21+,22-/m0/s1. The highest BCUT2D eigenvalue weighted by Gasteiger charge is 2.51. The van der Waals surface area contributed by atoms with Gasteiger partial charge >= 0.3 is 0 Å². The number of alkyl halides is 1. The van der Waals surface area contributed by atoms with Gasteiger partial charge < -0.3 is 18.9 Å². The molecule has 144 valence electrons. The van der Waals surface area contributed by atoms with Crippen LogP contribution in [0.15, 0.2) is 60.7 Å². The highest BCUT2D eigenvalue weighted by Crippen LogP contribution is 2.37. The highest BCUT2D eigenvalue weighted by atomic mass is 127. The molecule has 0 aliphatic carbocycles. The van der Waals surface area contributed by atoms with E-state index in [2.05, 4.69) is 46.9 Å². The van der Waals surface area contributed by atoms with Crippen LogP contribution in [0.3, 0.4) is 0 Å². The Hall–Kier alpha value is -0.990. The summed E-state index contributed by atoms with van der Waals surface area (Å²) < 4.78 is 25.7. The summed E-state index contributed by atoms with van der Waals surface area (Å²) in [7, 11) is 0. The van der Waals surface area contributed by atoms with Crippen LogP contribution in [0.2, 0.25) is 0 Å². The number of hydrogen-bond donors (Lipinski definition) is 0. The minimum Gasteiger partial charge on any atom is -0.374 e. The molecule has 27 heavy (non-hydrogen) atoms. The molecule has 0 radical (unpaired) electrons. The van der Waals surface area contributed by atoms with Crippen molar-refractivity contribution in [3.05, 3.63) is 71.8 Å². The third-order valence-electron chi connectivity index (χ3n) is 5.10.